The predicted molar refractivity (Wildman–Crippen MR) is 55.7 cm³/mol. The van der Waals surface area contributed by atoms with Crippen LogP contribution in [0.5, 0.6) is 0 Å². The van der Waals surface area contributed by atoms with Crippen molar-refractivity contribution >= 4 is 5.91 Å². The van der Waals surface area contributed by atoms with E-state index in [0.29, 0.717) is 6.61 Å². The Morgan fingerprint density at radius 2 is 2.40 bits per heavy atom. The van der Waals surface area contributed by atoms with Crippen LogP contribution >= 0.6 is 0 Å². The van der Waals surface area contributed by atoms with Gasteiger partial charge in [0.2, 0.25) is 0 Å². The predicted octanol–water partition coefficient (Wildman–Crippen LogP) is 0.191. The molecule has 0 aliphatic carbocycles. The van der Waals surface area contributed by atoms with Gasteiger partial charge in [-0.3, -0.25) is 15.2 Å². The zero-order valence-corrected chi connectivity index (χ0v) is 8.93. The topological polar surface area (TPSA) is 54.5 Å². The van der Waals surface area contributed by atoms with Crippen molar-refractivity contribution in [2.24, 2.45) is 0 Å². The summed E-state index contributed by atoms with van der Waals surface area (Å²) in [6.07, 6.45) is 3.41. The Kier molecular flexibility index (Phi) is 4.73. The highest BCUT2D eigenvalue weighted by molar-refractivity contribution is 5.76. The number of amides is 1. The molecule has 0 aromatic carbocycles. The van der Waals surface area contributed by atoms with E-state index in [1.54, 1.807) is 31.5 Å². The average Bonchev–Trinajstić information content (AvgIpc) is 2.18. The van der Waals surface area contributed by atoms with E-state index in [4.69, 9.17) is 4.74 Å². The number of nitrogens with zero attached hydrogens (tertiary/aromatic N) is 2. The normalized spacial score (nSPS) is 10.3. The van der Waals surface area contributed by atoms with Crippen LogP contribution in [-0.2, 0) is 16.1 Å². The summed E-state index contributed by atoms with van der Waals surface area (Å²) in [4.78, 5) is 15.1. The van der Waals surface area contributed by atoms with Gasteiger partial charge in [-0.1, -0.05) is 6.07 Å². The molecule has 0 saturated heterocycles. The van der Waals surface area contributed by atoms with Crippen molar-refractivity contribution in [2.45, 2.75) is 6.61 Å². The Bertz CT molecular complexity index is 301. The molecule has 0 radical (unpaired) electrons. The molecular formula is C10H15N3O2. The lowest BCUT2D eigenvalue weighted by atomic mass is 10.3. The van der Waals surface area contributed by atoms with Gasteiger partial charge < -0.3 is 4.74 Å². The molecule has 0 unspecified atom stereocenters. The van der Waals surface area contributed by atoms with Crippen LogP contribution in [0.4, 0.5) is 0 Å². The Hall–Kier alpha value is -1.46. The van der Waals surface area contributed by atoms with E-state index in [0.717, 1.165) is 5.56 Å². The van der Waals surface area contributed by atoms with Gasteiger partial charge in [-0.05, 0) is 11.6 Å². The highest BCUT2D eigenvalue weighted by Crippen LogP contribution is 1.97. The molecule has 0 bridgehead atoms. The van der Waals surface area contributed by atoms with Crippen LogP contribution in [0.1, 0.15) is 5.56 Å². The largest absolute Gasteiger partial charge is 0.367 e. The number of nitrogens with one attached hydrogen (secondary N) is 1. The smallest absolute Gasteiger partial charge is 0.260 e. The highest BCUT2D eigenvalue weighted by atomic mass is 16.5. The zero-order valence-electron chi connectivity index (χ0n) is 8.93. The third kappa shape index (κ3) is 5.09. The summed E-state index contributed by atoms with van der Waals surface area (Å²) in [6.45, 7) is 0.446. The highest BCUT2D eigenvalue weighted by Gasteiger charge is 2.01. The first-order valence-corrected chi connectivity index (χ1v) is 4.62. The standard InChI is InChI=1S/C10H15N3O2/c1-13(2)12-10(14)8-15-7-9-4-3-5-11-6-9/h3-6H,7-8H2,1-2H3,(H,12,14). The number of hydrazine groups is 1. The zero-order chi connectivity index (χ0) is 11.1. The molecule has 1 aromatic heterocycles. The molecule has 0 aliphatic rings. The van der Waals surface area contributed by atoms with E-state index < -0.39 is 0 Å². The van der Waals surface area contributed by atoms with Crippen LogP contribution in [0.25, 0.3) is 0 Å². The van der Waals surface area contributed by atoms with Gasteiger partial charge in [-0.2, -0.15) is 0 Å². The number of aromatic nitrogens is 1. The summed E-state index contributed by atoms with van der Waals surface area (Å²) in [6, 6.07) is 3.73. The molecule has 5 heteroatoms. The molecule has 0 aliphatic heterocycles. The number of rotatable bonds is 5. The number of hydrogen-bond donors (Lipinski definition) is 1. The lowest BCUT2D eigenvalue weighted by Gasteiger charge is -2.11. The third-order valence-corrected chi connectivity index (χ3v) is 1.57. The minimum absolute atomic E-state index is 0.0487. The second-order valence-corrected chi connectivity index (χ2v) is 3.28. The summed E-state index contributed by atoms with van der Waals surface area (Å²) in [5, 5.41) is 1.58. The summed E-state index contributed by atoms with van der Waals surface area (Å²) in [5.74, 6) is -0.163. The van der Waals surface area contributed by atoms with Gasteiger partial charge >= 0.3 is 0 Å². The minimum Gasteiger partial charge on any atom is -0.367 e. The van der Waals surface area contributed by atoms with Crippen LogP contribution in [0, 0.1) is 0 Å². The molecule has 1 heterocycles. The van der Waals surface area contributed by atoms with E-state index in [1.165, 1.54) is 0 Å². The van der Waals surface area contributed by atoms with Gasteiger partial charge in [-0.25, -0.2) is 5.01 Å². The van der Waals surface area contributed by atoms with Crippen molar-refractivity contribution in [3.8, 4) is 0 Å². The Balaban J connectivity index is 2.19. The van der Waals surface area contributed by atoms with Crippen molar-refractivity contribution in [1.82, 2.24) is 15.4 Å². The summed E-state index contributed by atoms with van der Waals surface area (Å²) >= 11 is 0. The fraction of sp³-hybridized carbons (Fsp3) is 0.400. The Morgan fingerprint density at radius 3 is 3.00 bits per heavy atom. The first kappa shape index (κ1) is 11.6. The van der Waals surface area contributed by atoms with Crippen molar-refractivity contribution in [2.75, 3.05) is 20.7 Å². The molecule has 1 amide bonds. The number of ether oxygens (including phenoxy) is 1. The number of carbonyl (C=O) groups excluding carboxylic acids is 1. The van der Waals surface area contributed by atoms with Crippen LogP contribution in [0.15, 0.2) is 24.5 Å². The maximum absolute atomic E-state index is 11.2. The SMILES string of the molecule is CN(C)NC(=O)COCc1cccnc1. The maximum atomic E-state index is 11.2. The minimum atomic E-state index is -0.163. The molecule has 1 N–H and O–H groups in total. The summed E-state index contributed by atoms with van der Waals surface area (Å²) in [5.41, 5.74) is 3.54. The average molecular weight is 209 g/mol. The number of hydrogen-bond acceptors (Lipinski definition) is 4. The molecule has 0 atom stereocenters. The quantitative estimate of drug-likeness (QED) is 0.703. The molecular weight excluding hydrogens is 194 g/mol. The molecule has 5 nitrogen and oxygen atoms in total. The molecule has 0 fully saturated rings. The lowest BCUT2D eigenvalue weighted by Crippen LogP contribution is -2.38. The Morgan fingerprint density at radius 1 is 1.60 bits per heavy atom. The van der Waals surface area contributed by atoms with Gasteiger partial charge in [0.25, 0.3) is 5.91 Å². The molecule has 15 heavy (non-hydrogen) atoms. The van der Waals surface area contributed by atoms with Gasteiger partial charge in [0.05, 0.1) is 6.61 Å². The molecule has 0 saturated carbocycles. The Labute approximate surface area is 89.0 Å². The van der Waals surface area contributed by atoms with Gasteiger partial charge in [0.1, 0.15) is 6.61 Å². The molecule has 1 aromatic rings. The van der Waals surface area contributed by atoms with Gasteiger partial charge in [0, 0.05) is 26.5 Å². The molecule has 82 valence electrons. The third-order valence-electron chi connectivity index (χ3n) is 1.57. The second-order valence-electron chi connectivity index (χ2n) is 3.28. The fourth-order valence-corrected chi connectivity index (χ4v) is 1.03. The molecule has 1 rings (SSSR count). The van der Waals surface area contributed by atoms with Crippen molar-refractivity contribution < 1.29 is 9.53 Å². The van der Waals surface area contributed by atoms with E-state index in [1.807, 2.05) is 12.1 Å². The van der Waals surface area contributed by atoms with Crippen LogP contribution < -0.4 is 5.43 Å². The fourth-order valence-electron chi connectivity index (χ4n) is 1.03. The van der Waals surface area contributed by atoms with E-state index >= 15 is 0 Å². The summed E-state index contributed by atoms with van der Waals surface area (Å²) in [7, 11) is 3.50. The summed E-state index contributed by atoms with van der Waals surface area (Å²) < 4.78 is 5.20. The van der Waals surface area contributed by atoms with Crippen molar-refractivity contribution in [3.63, 3.8) is 0 Å². The number of pyridine rings is 1. The van der Waals surface area contributed by atoms with Gasteiger partial charge in [-0.15, -0.1) is 0 Å². The second kappa shape index (κ2) is 6.10. The monoisotopic (exact) mass is 209 g/mol. The maximum Gasteiger partial charge on any atom is 0.260 e. The van der Waals surface area contributed by atoms with Crippen molar-refractivity contribution in [3.05, 3.63) is 30.1 Å². The van der Waals surface area contributed by atoms with Gasteiger partial charge in [0.15, 0.2) is 0 Å². The van der Waals surface area contributed by atoms with Crippen LogP contribution in [0.2, 0.25) is 0 Å². The van der Waals surface area contributed by atoms with Crippen molar-refractivity contribution in [1.29, 1.82) is 0 Å². The van der Waals surface area contributed by atoms with E-state index in [2.05, 4.69) is 10.4 Å². The molecule has 0 spiro atoms. The van der Waals surface area contributed by atoms with Crippen LogP contribution in [0.3, 0.4) is 0 Å². The van der Waals surface area contributed by atoms with Crippen LogP contribution in [-0.4, -0.2) is 36.6 Å². The van der Waals surface area contributed by atoms with E-state index in [-0.39, 0.29) is 12.5 Å². The van der Waals surface area contributed by atoms with E-state index in [9.17, 15) is 4.79 Å². The number of carbonyl (C=O) groups is 1. The lowest BCUT2D eigenvalue weighted by molar-refractivity contribution is -0.129. The first-order valence-electron chi connectivity index (χ1n) is 4.62. The first-order chi connectivity index (χ1) is 7.18.